The summed E-state index contributed by atoms with van der Waals surface area (Å²) in [6.45, 7) is 9.20. The van der Waals surface area contributed by atoms with E-state index in [4.69, 9.17) is 5.10 Å². The molecule has 1 N–H and O–H groups in total. The van der Waals surface area contributed by atoms with Gasteiger partial charge in [0.2, 0.25) is 11.9 Å². The van der Waals surface area contributed by atoms with E-state index in [1.165, 1.54) is 11.1 Å². The van der Waals surface area contributed by atoms with E-state index < -0.39 is 0 Å². The molecule has 37 heavy (non-hydrogen) atoms. The highest BCUT2D eigenvalue weighted by molar-refractivity contribution is 8.14. The van der Waals surface area contributed by atoms with Gasteiger partial charge in [0.1, 0.15) is 0 Å². The second kappa shape index (κ2) is 10.2. The Kier molecular flexibility index (Phi) is 6.67. The van der Waals surface area contributed by atoms with Gasteiger partial charge in [-0.1, -0.05) is 38.1 Å². The van der Waals surface area contributed by atoms with Gasteiger partial charge in [0.15, 0.2) is 10.7 Å². The normalized spacial score (nSPS) is 22.2. The molecule has 1 aromatic heterocycles. The summed E-state index contributed by atoms with van der Waals surface area (Å²) in [7, 11) is 0. The molecule has 0 saturated carbocycles. The summed E-state index contributed by atoms with van der Waals surface area (Å²) in [5.74, 6) is 1.68. The van der Waals surface area contributed by atoms with Crippen LogP contribution in [0.5, 0.6) is 0 Å². The zero-order valence-corrected chi connectivity index (χ0v) is 22.3. The lowest BCUT2D eigenvalue weighted by Crippen LogP contribution is -2.52. The minimum Gasteiger partial charge on any atom is -0.353 e. The molecular weight excluding hydrogens is 484 g/mol. The van der Waals surface area contributed by atoms with Gasteiger partial charge in [0.05, 0.1) is 11.9 Å². The number of nitrogens with one attached hydrogen (secondary N) is 1. The van der Waals surface area contributed by atoms with Crippen molar-refractivity contribution in [3.8, 4) is 0 Å². The Labute approximate surface area is 222 Å². The first kappa shape index (κ1) is 24.1. The van der Waals surface area contributed by atoms with Crippen LogP contribution in [0.2, 0.25) is 0 Å². The van der Waals surface area contributed by atoms with E-state index in [2.05, 4.69) is 69.4 Å². The predicted octanol–water partition coefficient (Wildman–Crippen LogP) is 3.17. The monoisotopic (exact) mass is 518 g/mol. The van der Waals surface area contributed by atoms with Gasteiger partial charge >= 0.3 is 0 Å². The van der Waals surface area contributed by atoms with Crippen LogP contribution in [0.1, 0.15) is 43.7 Å². The fraction of sp³-hybridized carbons (Fsp3) is 0.481. The Bertz CT molecular complexity index is 1170. The van der Waals surface area contributed by atoms with Crippen LogP contribution in [0, 0.1) is 5.92 Å². The molecule has 1 aromatic carbocycles. The van der Waals surface area contributed by atoms with Crippen molar-refractivity contribution in [3.63, 3.8) is 0 Å². The first-order chi connectivity index (χ1) is 18.0. The quantitative estimate of drug-likeness (QED) is 0.661. The topological polar surface area (TPSA) is 80.2 Å². The highest BCUT2D eigenvalue weighted by atomic mass is 32.2. The van der Waals surface area contributed by atoms with Crippen LogP contribution >= 0.6 is 11.8 Å². The van der Waals surface area contributed by atoms with Gasteiger partial charge in [-0.05, 0) is 47.7 Å². The molecule has 0 spiro atoms. The lowest BCUT2D eigenvalue weighted by Gasteiger charge is -2.38. The Balaban J connectivity index is 0.999. The van der Waals surface area contributed by atoms with E-state index in [1.807, 2.05) is 16.0 Å². The summed E-state index contributed by atoms with van der Waals surface area (Å²) in [6, 6.07) is 10.6. The summed E-state index contributed by atoms with van der Waals surface area (Å²) in [4.78, 5) is 28.4. The zero-order valence-electron chi connectivity index (χ0n) is 21.5. The first-order valence-electron chi connectivity index (χ1n) is 13.2. The second-order valence-electron chi connectivity index (χ2n) is 10.3. The third-order valence-electron chi connectivity index (χ3n) is 7.63. The highest BCUT2D eigenvalue weighted by Crippen LogP contribution is 2.35. The van der Waals surface area contributed by atoms with Crippen LogP contribution in [-0.4, -0.2) is 80.6 Å². The largest absolute Gasteiger partial charge is 0.353 e. The number of likely N-dealkylation sites (tertiary alicyclic amines) is 1. The van der Waals surface area contributed by atoms with Gasteiger partial charge < -0.3 is 20.0 Å². The second-order valence-corrected chi connectivity index (χ2v) is 11.4. The molecule has 1 unspecified atom stereocenters. The highest BCUT2D eigenvalue weighted by Gasteiger charge is 2.37. The molecule has 0 radical (unpaired) electrons. The van der Waals surface area contributed by atoms with Crippen molar-refractivity contribution in [2.75, 3.05) is 44.2 Å². The molecule has 1 amide bonds. The average molecular weight is 519 g/mol. The van der Waals surface area contributed by atoms with Crippen molar-refractivity contribution in [3.05, 3.63) is 60.1 Å². The van der Waals surface area contributed by atoms with Crippen molar-refractivity contribution < 1.29 is 4.79 Å². The number of fused-ring (bicyclic) bond motifs is 1. The van der Waals surface area contributed by atoms with Crippen LogP contribution in [0.4, 0.5) is 5.95 Å². The molecule has 2 fully saturated rings. The molecule has 1 atom stereocenters. The third-order valence-corrected chi connectivity index (χ3v) is 8.74. The number of piperidine rings is 1. The first-order valence-corrected chi connectivity index (χ1v) is 14.1. The molecule has 6 rings (SSSR count). The molecule has 9 nitrogen and oxygen atoms in total. The SMILES string of the molecule is CC(C)c1ccc(C2=CN3N=C(N4CCC(C(=O)N5CCN(c6ncccn6)CC5)CC4)SC3N2)cc1. The van der Waals surface area contributed by atoms with Crippen LogP contribution in [-0.2, 0) is 4.79 Å². The van der Waals surface area contributed by atoms with Gasteiger partial charge in [-0.3, -0.25) is 4.79 Å². The molecule has 4 aliphatic heterocycles. The van der Waals surface area contributed by atoms with Crippen molar-refractivity contribution in [2.24, 2.45) is 11.0 Å². The van der Waals surface area contributed by atoms with Gasteiger partial charge in [-0.25, -0.2) is 15.0 Å². The Morgan fingerprint density at radius 3 is 2.32 bits per heavy atom. The molecule has 0 aliphatic carbocycles. The molecule has 10 heteroatoms. The molecular formula is C27H34N8OS. The Hall–Kier alpha value is -3.27. The van der Waals surface area contributed by atoms with E-state index in [0.717, 1.165) is 68.9 Å². The number of hydrogen-bond donors (Lipinski definition) is 1. The predicted molar refractivity (Wildman–Crippen MR) is 147 cm³/mol. The van der Waals surface area contributed by atoms with E-state index in [0.29, 0.717) is 11.8 Å². The number of thioether (sulfide) groups is 1. The fourth-order valence-electron chi connectivity index (χ4n) is 5.32. The number of amidine groups is 1. The number of nitrogens with zero attached hydrogens (tertiary/aromatic N) is 7. The minimum atomic E-state index is 0.0963. The van der Waals surface area contributed by atoms with Crippen LogP contribution in [0.15, 0.2) is 54.0 Å². The summed E-state index contributed by atoms with van der Waals surface area (Å²) in [5, 5.41) is 11.6. The number of amides is 1. The Morgan fingerprint density at radius 1 is 0.973 bits per heavy atom. The van der Waals surface area contributed by atoms with Crippen LogP contribution < -0.4 is 10.2 Å². The van der Waals surface area contributed by atoms with Gasteiger partial charge in [0.25, 0.3) is 0 Å². The molecule has 194 valence electrons. The van der Waals surface area contributed by atoms with Crippen LogP contribution in [0.25, 0.3) is 5.70 Å². The van der Waals surface area contributed by atoms with E-state index >= 15 is 0 Å². The third kappa shape index (κ3) is 4.99. The number of anilines is 1. The van der Waals surface area contributed by atoms with Crippen molar-refractivity contribution >= 4 is 34.5 Å². The number of hydrazone groups is 1. The maximum atomic E-state index is 13.2. The van der Waals surface area contributed by atoms with Gasteiger partial charge in [-0.15, -0.1) is 5.10 Å². The van der Waals surface area contributed by atoms with Crippen molar-refractivity contribution in [2.45, 2.75) is 38.1 Å². The average Bonchev–Trinajstić information content (AvgIpc) is 3.53. The van der Waals surface area contributed by atoms with Crippen LogP contribution in [0.3, 0.4) is 0 Å². The van der Waals surface area contributed by atoms with E-state index in [9.17, 15) is 4.79 Å². The molecule has 4 aliphatic rings. The minimum absolute atomic E-state index is 0.0963. The maximum Gasteiger partial charge on any atom is 0.225 e. The van der Waals surface area contributed by atoms with Gasteiger partial charge in [-0.2, -0.15) is 0 Å². The summed E-state index contributed by atoms with van der Waals surface area (Å²) < 4.78 is 0. The number of hydrogen-bond acceptors (Lipinski definition) is 9. The maximum absolute atomic E-state index is 13.2. The summed E-state index contributed by atoms with van der Waals surface area (Å²) in [6.07, 6.45) is 7.39. The zero-order chi connectivity index (χ0) is 25.4. The number of carbonyl (C=O) groups excluding carboxylic acids is 1. The van der Waals surface area contributed by atoms with Gasteiger partial charge in [0, 0.05) is 57.6 Å². The number of benzene rings is 1. The molecule has 2 saturated heterocycles. The molecule has 2 aromatic rings. The number of carbonyl (C=O) groups is 1. The number of rotatable bonds is 4. The lowest BCUT2D eigenvalue weighted by molar-refractivity contribution is -0.137. The fourth-order valence-corrected chi connectivity index (χ4v) is 6.40. The Morgan fingerprint density at radius 2 is 1.68 bits per heavy atom. The number of piperazine rings is 1. The van der Waals surface area contributed by atoms with Crippen molar-refractivity contribution in [1.29, 1.82) is 0 Å². The standard InChI is InChI=1S/C27H34N8OS/c1-19(2)20-4-6-21(7-5-20)23-18-35-26(30-23)37-27(31-35)34-12-8-22(9-13-34)24(36)32-14-16-33(17-15-32)25-28-10-3-11-29-25/h3-7,10-11,18-19,22,26,30H,8-9,12-17H2,1-2H3. The van der Waals surface area contributed by atoms with Crippen molar-refractivity contribution in [1.82, 2.24) is 30.1 Å². The molecule has 0 bridgehead atoms. The smallest absolute Gasteiger partial charge is 0.225 e. The molecule has 5 heterocycles. The summed E-state index contributed by atoms with van der Waals surface area (Å²) in [5.41, 5.74) is 3.74. The van der Waals surface area contributed by atoms with E-state index in [-0.39, 0.29) is 11.4 Å². The lowest BCUT2D eigenvalue weighted by atomic mass is 9.95. The number of aromatic nitrogens is 2. The van der Waals surface area contributed by atoms with E-state index in [1.54, 1.807) is 24.2 Å². The summed E-state index contributed by atoms with van der Waals surface area (Å²) >= 11 is 1.76.